The Hall–Kier alpha value is -1.44. The van der Waals surface area contributed by atoms with Crippen LogP contribution in [0.2, 0.25) is 0 Å². The fourth-order valence-corrected chi connectivity index (χ4v) is 3.16. The number of nitrogens with one attached hydrogen (secondary N) is 2. The predicted octanol–water partition coefficient (Wildman–Crippen LogP) is 1.34. The molecule has 1 aromatic rings. The second kappa shape index (κ2) is 7.42. The van der Waals surface area contributed by atoms with Crippen molar-refractivity contribution in [2.24, 2.45) is 0 Å². The zero-order valence-corrected chi connectivity index (χ0v) is 14.7. The van der Waals surface area contributed by atoms with Gasteiger partial charge in [0, 0.05) is 17.1 Å². The van der Waals surface area contributed by atoms with Crippen LogP contribution < -0.4 is 10.6 Å². The molecule has 0 aromatic heterocycles. The Morgan fingerprint density at radius 3 is 2.74 bits per heavy atom. The second-order valence-electron chi connectivity index (χ2n) is 5.50. The maximum atomic E-state index is 12.3. The minimum atomic E-state index is -0.418. The molecule has 3 rings (SSSR count). The van der Waals surface area contributed by atoms with Crippen LogP contribution in [0.1, 0.15) is 33.6 Å². The highest BCUT2D eigenvalue weighted by Crippen LogP contribution is 2.25. The van der Waals surface area contributed by atoms with Gasteiger partial charge in [-0.05, 0) is 37.6 Å². The third kappa shape index (κ3) is 3.73. The molecule has 23 heavy (non-hydrogen) atoms. The smallest absolute Gasteiger partial charge is 0.262 e. The van der Waals surface area contributed by atoms with Gasteiger partial charge in [-0.15, -0.1) is 12.4 Å². The lowest BCUT2D eigenvalue weighted by molar-refractivity contribution is -0.122. The number of hydrogen-bond donors (Lipinski definition) is 2. The highest BCUT2D eigenvalue weighted by Gasteiger charge is 2.36. The van der Waals surface area contributed by atoms with Crippen LogP contribution >= 0.6 is 28.3 Å². The summed E-state index contributed by atoms with van der Waals surface area (Å²) in [5.41, 5.74) is 0.687. The SMILES string of the molecule is Cl.O=C(CN1C(=O)c2ccc(Br)cc2C1=O)NC1CCCNC1. The van der Waals surface area contributed by atoms with Crippen molar-refractivity contribution in [3.63, 3.8) is 0 Å². The number of rotatable bonds is 3. The molecule has 1 atom stereocenters. The van der Waals surface area contributed by atoms with Crippen molar-refractivity contribution < 1.29 is 14.4 Å². The highest BCUT2D eigenvalue weighted by atomic mass is 79.9. The lowest BCUT2D eigenvalue weighted by atomic mass is 10.1. The second-order valence-corrected chi connectivity index (χ2v) is 6.41. The van der Waals surface area contributed by atoms with Gasteiger partial charge < -0.3 is 10.6 Å². The molecule has 1 aromatic carbocycles. The summed E-state index contributed by atoms with van der Waals surface area (Å²) in [6.45, 7) is 1.45. The van der Waals surface area contributed by atoms with Crippen molar-refractivity contribution in [1.82, 2.24) is 15.5 Å². The quantitative estimate of drug-likeness (QED) is 0.748. The minimum absolute atomic E-state index is 0. The summed E-state index contributed by atoms with van der Waals surface area (Å²) in [7, 11) is 0. The minimum Gasteiger partial charge on any atom is -0.351 e. The summed E-state index contributed by atoms with van der Waals surface area (Å²) in [6.07, 6.45) is 1.92. The van der Waals surface area contributed by atoms with E-state index >= 15 is 0 Å². The Balaban J connectivity index is 0.00000192. The number of benzene rings is 1. The first-order chi connectivity index (χ1) is 10.6. The van der Waals surface area contributed by atoms with Crippen molar-refractivity contribution in [3.05, 3.63) is 33.8 Å². The summed E-state index contributed by atoms with van der Waals surface area (Å²) in [5, 5.41) is 6.07. The molecule has 3 amide bonds. The van der Waals surface area contributed by atoms with Crippen LogP contribution in [-0.4, -0.2) is 48.3 Å². The van der Waals surface area contributed by atoms with Crippen LogP contribution in [-0.2, 0) is 4.79 Å². The van der Waals surface area contributed by atoms with Gasteiger partial charge in [-0.2, -0.15) is 0 Å². The number of piperidine rings is 1. The zero-order chi connectivity index (χ0) is 15.7. The van der Waals surface area contributed by atoms with E-state index in [1.54, 1.807) is 18.2 Å². The van der Waals surface area contributed by atoms with Crippen LogP contribution in [0.5, 0.6) is 0 Å². The summed E-state index contributed by atoms with van der Waals surface area (Å²) in [5.74, 6) is -1.13. The fourth-order valence-electron chi connectivity index (χ4n) is 2.80. The molecule has 6 nitrogen and oxygen atoms in total. The van der Waals surface area contributed by atoms with Crippen LogP contribution in [0.4, 0.5) is 0 Å². The van der Waals surface area contributed by atoms with Crippen molar-refractivity contribution >= 4 is 46.1 Å². The molecule has 124 valence electrons. The molecule has 0 radical (unpaired) electrons. The van der Waals surface area contributed by atoms with E-state index < -0.39 is 11.8 Å². The van der Waals surface area contributed by atoms with E-state index in [0.717, 1.165) is 35.3 Å². The largest absolute Gasteiger partial charge is 0.351 e. The summed E-state index contributed by atoms with van der Waals surface area (Å²) >= 11 is 3.28. The maximum Gasteiger partial charge on any atom is 0.262 e. The van der Waals surface area contributed by atoms with E-state index in [0.29, 0.717) is 11.1 Å². The first-order valence-electron chi connectivity index (χ1n) is 7.22. The molecule has 8 heteroatoms. The van der Waals surface area contributed by atoms with E-state index in [2.05, 4.69) is 26.6 Å². The standard InChI is InChI=1S/C15H16BrN3O3.ClH/c16-9-3-4-11-12(6-9)15(22)19(14(11)21)8-13(20)18-10-2-1-5-17-7-10;/h3-4,6,10,17H,1-2,5,7-8H2,(H,18,20);1H. The van der Waals surface area contributed by atoms with E-state index in [-0.39, 0.29) is 30.9 Å². The van der Waals surface area contributed by atoms with Gasteiger partial charge in [0.15, 0.2) is 0 Å². The lowest BCUT2D eigenvalue weighted by Gasteiger charge is -2.24. The maximum absolute atomic E-state index is 12.3. The van der Waals surface area contributed by atoms with E-state index in [1.165, 1.54) is 0 Å². The number of halogens is 2. The van der Waals surface area contributed by atoms with Gasteiger partial charge in [0.2, 0.25) is 5.91 Å². The summed E-state index contributed by atoms with van der Waals surface area (Å²) in [6, 6.07) is 4.98. The Morgan fingerprint density at radius 1 is 1.30 bits per heavy atom. The van der Waals surface area contributed by atoms with E-state index in [4.69, 9.17) is 0 Å². The molecule has 1 unspecified atom stereocenters. The molecule has 0 spiro atoms. The molecule has 0 bridgehead atoms. The Bertz CT molecular complexity index is 647. The summed E-state index contributed by atoms with van der Waals surface area (Å²) in [4.78, 5) is 37.6. The number of nitrogens with zero attached hydrogens (tertiary/aromatic N) is 1. The van der Waals surface area contributed by atoms with Gasteiger partial charge in [0.25, 0.3) is 11.8 Å². The van der Waals surface area contributed by atoms with E-state index in [9.17, 15) is 14.4 Å². The van der Waals surface area contributed by atoms with E-state index in [1.807, 2.05) is 0 Å². The molecule has 0 aliphatic carbocycles. The Morgan fingerprint density at radius 2 is 2.04 bits per heavy atom. The Kier molecular flexibility index (Phi) is 5.78. The van der Waals surface area contributed by atoms with Gasteiger partial charge in [-0.3, -0.25) is 19.3 Å². The van der Waals surface area contributed by atoms with Crippen molar-refractivity contribution in [3.8, 4) is 0 Å². The van der Waals surface area contributed by atoms with Crippen LogP contribution in [0.25, 0.3) is 0 Å². The molecule has 2 aliphatic heterocycles. The molecule has 0 saturated carbocycles. The average Bonchev–Trinajstić information content (AvgIpc) is 2.73. The monoisotopic (exact) mass is 401 g/mol. The van der Waals surface area contributed by atoms with Gasteiger partial charge in [-0.1, -0.05) is 15.9 Å². The number of hydrogen-bond acceptors (Lipinski definition) is 4. The third-order valence-electron chi connectivity index (χ3n) is 3.90. The lowest BCUT2D eigenvalue weighted by Crippen LogP contribution is -2.49. The van der Waals surface area contributed by atoms with Crippen molar-refractivity contribution in [1.29, 1.82) is 0 Å². The molecular formula is C15H17BrClN3O3. The predicted molar refractivity (Wildman–Crippen MR) is 90.8 cm³/mol. The van der Waals surface area contributed by atoms with Crippen LogP contribution in [0, 0.1) is 0 Å². The summed E-state index contributed by atoms with van der Waals surface area (Å²) < 4.78 is 0.729. The van der Waals surface area contributed by atoms with Gasteiger partial charge in [0.1, 0.15) is 6.54 Å². The van der Waals surface area contributed by atoms with Crippen LogP contribution in [0.3, 0.4) is 0 Å². The molecule has 2 aliphatic rings. The highest BCUT2D eigenvalue weighted by molar-refractivity contribution is 9.10. The normalized spacial score (nSPS) is 20.0. The van der Waals surface area contributed by atoms with Gasteiger partial charge >= 0.3 is 0 Å². The van der Waals surface area contributed by atoms with Crippen LogP contribution in [0.15, 0.2) is 22.7 Å². The Labute approximate surface area is 148 Å². The fraction of sp³-hybridized carbons (Fsp3) is 0.400. The van der Waals surface area contributed by atoms with Crippen molar-refractivity contribution in [2.45, 2.75) is 18.9 Å². The number of carbonyl (C=O) groups is 3. The average molecular weight is 403 g/mol. The number of fused-ring (bicyclic) bond motifs is 1. The molecule has 2 heterocycles. The zero-order valence-electron chi connectivity index (χ0n) is 12.3. The molecule has 2 N–H and O–H groups in total. The topological polar surface area (TPSA) is 78.5 Å². The number of imide groups is 1. The first-order valence-corrected chi connectivity index (χ1v) is 8.01. The number of amides is 3. The first kappa shape index (κ1) is 17.9. The third-order valence-corrected chi connectivity index (χ3v) is 4.39. The van der Waals surface area contributed by atoms with Gasteiger partial charge in [-0.25, -0.2) is 0 Å². The molecular weight excluding hydrogens is 386 g/mol. The molecule has 1 fully saturated rings. The van der Waals surface area contributed by atoms with Gasteiger partial charge in [0.05, 0.1) is 11.1 Å². The van der Waals surface area contributed by atoms with Crippen molar-refractivity contribution in [2.75, 3.05) is 19.6 Å². The number of carbonyl (C=O) groups excluding carboxylic acids is 3. The molecule has 1 saturated heterocycles.